The Morgan fingerprint density at radius 3 is 2.43 bits per heavy atom. The van der Waals surface area contributed by atoms with Crippen LogP contribution in [0.1, 0.15) is 59.3 Å². The maximum absolute atomic E-state index is 11.8. The largest absolute Gasteiger partial charge is 0.465 e. The van der Waals surface area contributed by atoms with E-state index in [2.05, 4.69) is 5.32 Å². The van der Waals surface area contributed by atoms with Gasteiger partial charge in [-0.1, -0.05) is 6.92 Å². The van der Waals surface area contributed by atoms with Crippen molar-refractivity contribution in [2.75, 3.05) is 19.7 Å². The summed E-state index contributed by atoms with van der Waals surface area (Å²) in [5.41, 5.74) is 4.89. The van der Waals surface area contributed by atoms with Gasteiger partial charge in [0.05, 0.1) is 12.5 Å². The molecular formula is C17H32N2O4. The van der Waals surface area contributed by atoms with Crippen LogP contribution in [0.2, 0.25) is 0 Å². The molecule has 0 aromatic rings. The van der Waals surface area contributed by atoms with Gasteiger partial charge in [0, 0.05) is 13.1 Å². The number of nitrogens with one attached hydrogen (secondary N) is 1. The van der Waals surface area contributed by atoms with Crippen molar-refractivity contribution in [2.24, 2.45) is 17.6 Å². The molecule has 6 heteroatoms. The second-order valence-electron chi connectivity index (χ2n) is 6.95. The van der Waals surface area contributed by atoms with Gasteiger partial charge in [-0.15, -0.1) is 0 Å². The zero-order valence-corrected chi connectivity index (χ0v) is 14.7. The number of hydrogen-bond donors (Lipinski definition) is 2. The highest BCUT2D eigenvalue weighted by atomic mass is 16.6. The van der Waals surface area contributed by atoms with E-state index >= 15 is 0 Å². The summed E-state index contributed by atoms with van der Waals surface area (Å²) in [5.74, 6) is 0.560. The minimum Gasteiger partial charge on any atom is -0.465 e. The van der Waals surface area contributed by atoms with Gasteiger partial charge in [0.1, 0.15) is 5.60 Å². The molecule has 0 radical (unpaired) electrons. The van der Waals surface area contributed by atoms with Crippen LogP contribution in [0.25, 0.3) is 0 Å². The van der Waals surface area contributed by atoms with Crippen LogP contribution in [0.4, 0.5) is 4.79 Å². The standard InChI is InChI=1S/C17H32N2O4/c1-4-11-22-15(20)14-7-5-13(6-8-14)9-10-19-16(21)23-17(2,3)12-18/h13-14H,4-12,18H2,1-3H3,(H,19,21). The third-order valence-corrected chi connectivity index (χ3v) is 4.31. The minimum absolute atomic E-state index is 0.0454. The second-order valence-corrected chi connectivity index (χ2v) is 6.95. The first-order chi connectivity index (χ1) is 10.9. The normalized spacial score (nSPS) is 21.6. The van der Waals surface area contributed by atoms with Crippen LogP contribution in [-0.2, 0) is 14.3 Å². The number of hydrogen-bond acceptors (Lipinski definition) is 5. The molecule has 0 aliphatic heterocycles. The third-order valence-electron chi connectivity index (χ3n) is 4.31. The van der Waals surface area contributed by atoms with Gasteiger partial charge in [0.2, 0.25) is 0 Å². The van der Waals surface area contributed by atoms with Crippen molar-refractivity contribution < 1.29 is 19.1 Å². The zero-order chi connectivity index (χ0) is 17.3. The van der Waals surface area contributed by atoms with E-state index in [1.165, 1.54) is 0 Å². The molecule has 1 aliphatic rings. The molecule has 1 aliphatic carbocycles. The van der Waals surface area contributed by atoms with Crippen LogP contribution in [0, 0.1) is 11.8 Å². The van der Waals surface area contributed by atoms with Crippen molar-refractivity contribution >= 4 is 12.1 Å². The Labute approximate surface area is 139 Å². The molecule has 6 nitrogen and oxygen atoms in total. The van der Waals surface area contributed by atoms with Gasteiger partial charge in [-0.05, 0) is 58.3 Å². The van der Waals surface area contributed by atoms with E-state index in [1.54, 1.807) is 13.8 Å². The minimum atomic E-state index is -0.638. The van der Waals surface area contributed by atoms with Crippen molar-refractivity contribution in [3.05, 3.63) is 0 Å². The monoisotopic (exact) mass is 328 g/mol. The number of alkyl carbamates (subject to hydrolysis) is 1. The van der Waals surface area contributed by atoms with E-state index in [9.17, 15) is 9.59 Å². The quantitative estimate of drug-likeness (QED) is 0.668. The highest BCUT2D eigenvalue weighted by Gasteiger charge is 2.27. The fraction of sp³-hybridized carbons (Fsp3) is 0.882. The van der Waals surface area contributed by atoms with Gasteiger partial charge in [-0.2, -0.15) is 0 Å². The van der Waals surface area contributed by atoms with Crippen LogP contribution in [0.5, 0.6) is 0 Å². The molecule has 0 unspecified atom stereocenters. The molecule has 1 saturated carbocycles. The van der Waals surface area contributed by atoms with Crippen LogP contribution in [0.3, 0.4) is 0 Å². The molecule has 0 atom stereocenters. The highest BCUT2D eigenvalue weighted by Crippen LogP contribution is 2.31. The number of esters is 1. The Balaban J connectivity index is 2.17. The first-order valence-electron chi connectivity index (χ1n) is 8.71. The lowest BCUT2D eigenvalue weighted by atomic mass is 9.80. The Morgan fingerprint density at radius 1 is 1.22 bits per heavy atom. The van der Waals surface area contributed by atoms with Crippen molar-refractivity contribution in [1.29, 1.82) is 0 Å². The zero-order valence-electron chi connectivity index (χ0n) is 14.7. The van der Waals surface area contributed by atoms with Crippen LogP contribution < -0.4 is 11.1 Å². The lowest BCUT2D eigenvalue weighted by Gasteiger charge is -2.27. The maximum Gasteiger partial charge on any atom is 0.407 e. The lowest BCUT2D eigenvalue weighted by Crippen LogP contribution is -2.40. The second kappa shape index (κ2) is 9.75. The molecule has 0 saturated heterocycles. The van der Waals surface area contributed by atoms with Gasteiger partial charge >= 0.3 is 12.1 Å². The van der Waals surface area contributed by atoms with Crippen LogP contribution in [-0.4, -0.2) is 37.4 Å². The van der Waals surface area contributed by atoms with Gasteiger partial charge in [-0.3, -0.25) is 4.79 Å². The molecule has 134 valence electrons. The van der Waals surface area contributed by atoms with E-state index in [-0.39, 0.29) is 11.9 Å². The SMILES string of the molecule is CCCOC(=O)C1CCC(CCNC(=O)OC(C)(C)CN)CC1. The number of ether oxygens (including phenoxy) is 2. The summed E-state index contributed by atoms with van der Waals surface area (Å²) in [6, 6.07) is 0. The summed E-state index contributed by atoms with van der Waals surface area (Å²) in [5, 5.41) is 2.77. The van der Waals surface area contributed by atoms with Gasteiger partial charge in [0.25, 0.3) is 0 Å². The molecule has 3 N–H and O–H groups in total. The maximum atomic E-state index is 11.8. The Hall–Kier alpha value is -1.30. The summed E-state index contributed by atoms with van der Waals surface area (Å²) in [6.45, 7) is 6.96. The summed E-state index contributed by atoms with van der Waals surface area (Å²) in [7, 11) is 0. The Morgan fingerprint density at radius 2 is 1.87 bits per heavy atom. The van der Waals surface area contributed by atoms with E-state index in [0.717, 1.165) is 38.5 Å². The molecule has 0 bridgehead atoms. The summed E-state index contributed by atoms with van der Waals surface area (Å²) >= 11 is 0. The van der Waals surface area contributed by atoms with E-state index in [4.69, 9.17) is 15.2 Å². The first-order valence-corrected chi connectivity index (χ1v) is 8.71. The summed E-state index contributed by atoms with van der Waals surface area (Å²) < 4.78 is 10.4. The number of amides is 1. The molecule has 0 aromatic heterocycles. The fourth-order valence-electron chi connectivity index (χ4n) is 2.71. The number of carbonyl (C=O) groups excluding carboxylic acids is 2. The van der Waals surface area contributed by atoms with Gasteiger partial charge in [-0.25, -0.2) is 4.79 Å². The predicted octanol–water partition coefficient (Wildman–Crippen LogP) is 2.60. The summed E-state index contributed by atoms with van der Waals surface area (Å²) in [4.78, 5) is 23.5. The Kier molecular flexibility index (Phi) is 8.37. The van der Waals surface area contributed by atoms with Crippen molar-refractivity contribution in [3.63, 3.8) is 0 Å². The first kappa shape index (κ1) is 19.7. The average Bonchev–Trinajstić information content (AvgIpc) is 2.52. The van der Waals surface area contributed by atoms with Gasteiger partial charge < -0.3 is 20.5 Å². The molecule has 1 rings (SSSR count). The van der Waals surface area contributed by atoms with Crippen LogP contribution >= 0.6 is 0 Å². The average molecular weight is 328 g/mol. The topological polar surface area (TPSA) is 90.6 Å². The third kappa shape index (κ3) is 7.68. The van der Waals surface area contributed by atoms with E-state index in [1.807, 2.05) is 6.92 Å². The van der Waals surface area contributed by atoms with E-state index < -0.39 is 11.7 Å². The fourth-order valence-corrected chi connectivity index (χ4v) is 2.71. The molecule has 1 amide bonds. The van der Waals surface area contributed by atoms with Crippen molar-refractivity contribution in [3.8, 4) is 0 Å². The number of carbonyl (C=O) groups is 2. The summed E-state index contributed by atoms with van der Waals surface area (Å²) in [6.07, 6.45) is 5.15. The molecule has 0 heterocycles. The molecule has 23 heavy (non-hydrogen) atoms. The lowest BCUT2D eigenvalue weighted by molar-refractivity contribution is -0.150. The predicted molar refractivity (Wildman–Crippen MR) is 88.9 cm³/mol. The Bertz CT molecular complexity index is 377. The smallest absolute Gasteiger partial charge is 0.407 e. The van der Waals surface area contributed by atoms with Crippen molar-refractivity contribution in [2.45, 2.75) is 64.9 Å². The van der Waals surface area contributed by atoms with Crippen molar-refractivity contribution in [1.82, 2.24) is 5.32 Å². The number of rotatable bonds is 8. The number of nitrogens with two attached hydrogens (primary N) is 1. The highest BCUT2D eigenvalue weighted by molar-refractivity contribution is 5.72. The van der Waals surface area contributed by atoms with E-state index in [0.29, 0.717) is 25.6 Å². The van der Waals surface area contributed by atoms with Gasteiger partial charge in [0.15, 0.2) is 0 Å². The molecule has 0 aromatic carbocycles. The van der Waals surface area contributed by atoms with Crippen LogP contribution in [0.15, 0.2) is 0 Å². The molecule has 0 spiro atoms. The molecule has 1 fully saturated rings. The molecular weight excluding hydrogens is 296 g/mol.